The van der Waals surface area contributed by atoms with Gasteiger partial charge in [0.05, 0.1) is 18.6 Å². The molecule has 2 atom stereocenters. The summed E-state index contributed by atoms with van der Waals surface area (Å²) in [4.78, 5) is 41.9. The molecule has 0 aliphatic carbocycles. The Labute approximate surface area is 139 Å². The lowest BCUT2D eigenvalue weighted by Crippen LogP contribution is -2.53. The van der Waals surface area contributed by atoms with Crippen LogP contribution in [0, 0.1) is 0 Å². The average molecular weight is 340 g/mol. The minimum atomic E-state index is -1.14. The molecule has 0 bridgehead atoms. The first-order chi connectivity index (χ1) is 11.5. The van der Waals surface area contributed by atoms with Crippen molar-refractivity contribution in [1.82, 2.24) is 20.6 Å². The number of imidazole rings is 1. The molecule has 0 radical (unpaired) electrons. The summed E-state index contributed by atoms with van der Waals surface area (Å²) in [5, 5.41) is 14.1. The lowest BCUT2D eigenvalue weighted by molar-refractivity contribution is -0.142. The topological polar surface area (TPSA) is 176 Å². The molecule has 0 unspecified atom stereocenters. The fourth-order valence-electron chi connectivity index (χ4n) is 2.10. The van der Waals surface area contributed by atoms with Gasteiger partial charge in [-0.2, -0.15) is 0 Å². The normalized spacial score (nSPS) is 13.1. The SMILES string of the molecule is NCCCC[C@H](NC(=O)[C@@H](Cc1c[nH]cn1)NC(=O)CN)C(=O)O. The number of carbonyl (C=O) groups is 3. The number of hydrogen-bond acceptors (Lipinski definition) is 6. The zero-order valence-corrected chi connectivity index (χ0v) is 13.3. The molecule has 10 nitrogen and oxygen atoms in total. The Morgan fingerprint density at radius 2 is 1.96 bits per heavy atom. The van der Waals surface area contributed by atoms with Crippen molar-refractivity contribution < 1.29 is 19.5 Å². The van der Waals surface area contributed by atoms with Gasteiger partial charge in [0.2, 0.25) is 11.8 Å². The molecule has 0 aliphatic rings. The molecule has 1 aromatic rings. The van der Waals surface area contributed by atoms with Crippen molar-refractivity contribution in [3.63, 3.8) is 0 Å². The van der Waals surface area contributed by atoms with Gasteiger partial charge in [-0.05, 0) is 25.8 Å². The number of H-pyrrole nitrogens is 1. The number of carboxylic acid groups (broad SMARTS) is 1. The van der Waals surface area contributed by atoms with Gasteiger partial charge in [0.15, 0.2) is 0 Å². The molecule has 0 aromatic carbocycles. The standard InChI is InChI=1S/C14H24N6O4/c15-4-2-1-3-10(14(23)24)20-13(22)11(19-12(21)6-16)5-9-7-17-8-18-9/h7-8,10-11H,1-6,15-16H2,(H,17,18)(H,19,21)(H,20,22)(H,23,24)/t10-,11+/m0/s1. The van der Waals surface area contributed by atoms with E-state index in [2.05, 4.69) is 20.6 Å². The fourth-order valence-corrected chi connectivity index (χ4v) is 2.10. The highest BCUT2D eigenvalue weighted by molar-refractivity contribution is 5.90. The lowest BCUT2D eigenvalue weighted by Gasteiger charge is -2.20. The molecule has 1 rings (SSSR count). The number of amides is 2. The van der Waals surface area contributed by atoms with Gasteiger partial charge in [-0.15, -0.1) is 0 Å². The second kappa shape index (κ2) is 10.3. The monoisotopic (exact) mass is 340 g/mol. The summed E-state index contributed by atoms with van der Waals surface area (Å²) in [6.45, 7) is 0.178. The first-order valence-electron chi connectivity index (χ1n) is 7.68. The Bertz CT molecular complexity index is 533. The number of nitrogens with two attached hydrogens (primary N) is 2. The van der Waals surface area contributed by atoms with Crippen molar-refractivity contribution in [2.24, 2.45) is 11.5 Å². The van der Waals surface area contributed by atoms with Crippen LogP contribution in [-0.2, 0) is 20.8 Å². The van der Waals surface area contributed by atoms with Gasteiger partial charge >= 0.3 is 5.97 Å². The van der Waals surface area contributed by atoms with Gasteiger partial charge < -0.3 is 32.2 Å². The van der Waals surface area contributed by atoms with Crippen molar-refractivity contribution in [3.8, 4) is 0 Å². The molecule has 1 heterocycles. The number of aliphatic carboxylic acids is 1. The molecule has 0 saturated heterocycles. The zero-order valence-electron chi connectivity index (χ0n) is 13.3. The van der Waals surface area contributed by atoms with E-state index in [1.165, 1.54) is 6.33 Å². The molecular formula is C14H24N6O4. The van der Waals surface area contributed by atoms with Crippen LogP contribution in [0.5, 0.6) is 0 Å². The van der Waals surface area contributed by atoms with Gasteiger partial charge in [-0.25, -0.2) is 9.78 Å². The number of nitrogens with one attached hydrogen (secondary N) is 3. The van der Waals surface area contributed by atoms with E-state index in [9.17, 15) is 19.5 Å². The summed E-state index contributed by atoms with van der Waals surface area (Å²) in [6, 6.07) is -2.00. The molecule has 0 aliphatic heterocycles. The molecular weight excluding hydrogens is 316 g/mol. The van der Waals surface area contributed by atoms with Crippen LogP contribution in [0.15, 0.2) is 12.5 Å². The van der Waals surface area contributed by atoms with Crippen molar-refractivity contribution in [3.05, 3.63) is 18.2 Å². The molecule has 10 heteroatoms. The Kier molecular flexibility index (Phi) is 8.44. The second-order valence-corrected chi connectivity index (χ2v) is 5.27. The van der Waals surface area contributed by atoms with Crippen LogP contribution in [0.3, 0.4) is 0 Å². The van der Waals surface area contributed by atoms with E-state index >= 15 is 0 Å². The van der Waals surface area contributed by atoms with Crippen molar-refractivity contribution in [1.29, 1.82) is 0 Å². The number of unbranched alkanes of at least 4 members (excludes halogenated alkanes) is 1. The van der Waals surface area contributed by atoms with Crippen LogP contribution in [-0.4, -0.2) is 58.0 Å². The predicted molar refractivity (Wildman–Crippen MR) is 85.7 cm³/mol. The molecule has 0 spiro atoms. The van der Waals surface area contributed by atoms with E-state index in [-0.39, 0.29) is 19.4 Å². The van der Waals surface area contributed by atoms with Gasteiger partial charge in [-0.3, -0.25) is 9.59 Å². The fraction of sp³-hybridized carbons (Fsp3) is 0.571. The maximum absolute atomic E-state index is 12.4. The smallest absolute Gasteiger partial charge is 0.326 e. The summed E-state index contributed by atoms with van der Waals surface area (Å²) in [5.41, 5.74) is 11.2. The van der Waals surface area contributed by atoms with E-state index in [1.807, 2.05) is 0 Å². The van der Waals surface area contributed by atoms with Crippen LogP contribution in [0.2, 0.25) is 0 Å². The van der Waals surface area contributed by atoms with Crippen molar-refractivity contribution in [2.45, 2.75) is 37.8 Å². The quantitative estimate of drug-likeness (QED) is 0.255. The van der Waals surface area contributed by atoms with Crippen LogP contribution >= 0.6 is 0 Å². The van der Waals surface area contributed by atoms with Crippen molar-refractivity contribution in [2.75, 3.05) is 13.1 Å². The number of aromatic nitrogens is 2. The van der Waals surface area contributed by atoms with E-state index in [0.717, 1.165) is 0 Å². The first kappa shape index (κ1) is 19.6. The largest absolute Gasteiger partial charge is 0.480 e. The van der Waals surface area contributed by atoms with Crippen LogP contribution in [0.1, 0.15) is 25.0 Å². The number of aromatic amines is 1. The average Bonchev–Trinajstić information content (AvgIpc) is 3.06. The molecule has 134 valence electrons. The zero-order chi connectivity index (χ0) is 17.9. The van der Waals surface area contributed by atoms with Gasteiger partial charge in [-0.1, -0.05) is 0 Å². The highest BCUT2D eigenvalue weighted by Gasteiger charge is 2.26. The summed E-state index contributed by atoms with van der Waals surface area (Å²) >= 11 is 0. The number of rotatable bonds is 11. The second-order valence-electron chi connectivity index (χ2n) is 5.27. The van der Waals surface area contributed by atoms with E-state index < -0.39 is 29.9 Å². The van der Waals surface area contributed by atoms with Crippen LogP contribution in [0.4, 0.5) is 0 Å². The molecule has 24 heavy (non-hydrogen) atoms. The maximum Gasteiger partial charge on any atom is 0.326 e. The number of carboxylic acids is 1. The third-order valence-corrected chi connectivity index (χ3v) is 3.37. The third kappa shape index (κ3) is 6.75. The van der Waals surface area contributed by atoms with Gasteiger partial charge in [0, 0.05) is 12.6 Å². The highest BCUT2D eigenvalue weighted by Crippen LogP contribution is 2.04. The third-order valence-electron chi connectivity index (χ3n) is 3.37. The summed E-state index contributed by atoms with van der Waals surface area (Å²) < 4.78 is 0. The number of carbonyl (C=O) groups excluding carboxylic acids is 2. The van der Waals surface area contributed by atoms with Crippen molar-refractivity contribution >= 4 is 17.8 Å². The molecule has 1 aromatic heterocycles. The Balaban J connectivity index is 2.73. The Morgan fingerprint density at radius 3 is 2.50 bits per heavy atom. The van der Waals surface area contributed by atoms with Crippen LogP contribution in [0.25, 0.3) is 0 Å². The van der Waals surface area contributed by atoms with E-state index in [1.54, 1.807) is 6.20 Å². The predicted octanol–water partition coefficient (Wildman–Crippen LogP) is -1.91. The summed E-state index contributed by atoms with van der Waals surface area (Å²) in [6.07, 6.45) is 4.66. The number of hydrogen-bond donors (Lipinski definition) is 6. The molecule has 0 saturated carbocycles. The Hall–Kier alpha value is -2.46. The molecule has 8 N–H and O–H groups in total. The van der Waals surface area contributed by atoms with E-state index in [0.29, 0.717) is 25.1 Å². The van der Waals surface area contributed by atoms with Gasteiger partial charge in [0.25, 0.3) is 0 Å². The minimum Gasteiger partial charge on any atom is -0.480 e. The van der Waals surface area contributed by atoms with E-state index in [4.69, 9.17) is 11.5 Å². The highest BCUT2D eigenvalue weighted by atomic mass is 16.4. The lowest BCUT2D eigenvalue weighted by atomic mass is 10.1. The molecule has 2 amide bonds. The molecule has 0 fully saturated rings. The maximum atomic E-state index is 12.4. The minimum absolute atomic E-state index is 0.121. The Morgan fingerprint density at radius 1 is 1.21 bits per heavy atom. The summed E-state index contributed by atoms with van der Waals surface area (Å²) in [5.74, 6) is -2.25. The van der Waals surface area contributed by atoms with Crippen LogP contribution < -0.4 is 22.1 Å². The summed E-state index contributed by atoms with van der Waals surface area (Å²) in [7, 11) is 0. The first-order valence-corrected chi connectivity index (χ1v) is 7.68. The van der Waals surface area contributed by atoms with Gasteiger partial charge in [0.1, 0.15) is 12.1 Å². The number of nitrogens with zero attached hydrogens (tertiary/aromatic N) is 1.